The fourth-order valence-electron chi connectivity index (χ4n) is 3.60. The summed E-state index contributed by atoms with van der Waals surface area (Å²) in [4.78, 5) is 33.7. The van der Waals surface area contributed by atoms with Crippen LogP contribution in [-0.4, -0.2) is 25.1 Å². The SMILES string of the molecule is C/C=C(/C=O)[C@@H](CC=O)CC(=O)OCCCCCCCCCCCCCCCC. The molecule has 0 aliphatic heterocycles. The van der Waals surface area contributed by atoms with Gasteiger partial charge in [-0.2, -0.15) is 0 Å². The first-order chi connectivity index (χ1) is 14.2. The average molecular weight is 409 g/mol. The molecule has 168 valence electrons. The van der Waals surface area contributed by atoms with Gasteiger partial charge in [-0.3, -0.25) is 9.59 Å². The minimum absolute atomic E-state index is 0.0930. The quantitative estimate of drug-likeness (QED) is 0.0912. The number of unbranched alkanes of at least 4 members (excludes halogenated alkanes) is 13. The van der Waals surface area contributed by atoms with Crippen LogP contribution in [0.15, 0.2) is 11.6 Å². The number of rotatable bonds is 21. The molecule has 0 bridgehead atoms. The van der Waals surface area contributed by atoms with Crippen LogP contribution >= 0.6 is 0 Å². The number of carbonyl (C=O) groups excluding carboxylic acids is 3. The number of hydrogen-bond acceptors (Lipinski definition) is 4. The third-order valence-corrected chi connectivity index (χ3v) is 5.50. The van der Waals surface area contributed by atoms with Crippen molar-refractivity contribution in [1.82, 2.24) is 0 Å². The van der Waals surface area contributed by atoms with Gasteiger partial charge in [0.2, 0.25) is 0 Å². The van der Waals surface area contributed by atoms with Crippen molar-refractivity contribution >= 4 is 18.5 Å². The number of carbonyl (C=O) groups is 3. The van der Waals surface area contributed by atoms with Crippen molar-refractivity contribution < 1.29 is 19.1 Å². The summed E-state index contributed by atoms with van der Waals surface area (Å²) in [5.74, 6) is -0.688. The Morgan fingerprint density at radius 2 is 1.28 bits per heavy atom. The summed E-state index contributed by atoms with van der Waals surface area (Å²) in [5.41, 5.74) is 0.491. The second-order valence-electron chi connectivity index (χ2n) is 8.03. The van der Waals surface area contributed by atoms with Gasteiger partial charge in [-0.15, -0.1) is 0 Å². The highest BCUT2D eigenvalue weighted by atomic mass is 16.5. The molecule has 0 aromatic carbocycles. The molecule has 0 spiro atoms. The minimum Gasteiger partial charge on any atom is -0.466 e. The van der Waals surface area contributed by atoms with E-state index in [4.69, 9.17) is 4.74 Å². The van der Waals surface area contributed by atoms with E-state index in [-0.39, 0.29) is 24.7 Å². The number of ether oxygens (including phenoxy) is 1. The molecule has 0 saturated heterocycles. The van der Waals surface area contributed by atoms with Crippen molar-refractivity contribution in [3.63, 3.8) is 0 Å². The molecule has 1 atom stereocenters. The summed E-state index contributed by atoms with van der Waals surface area (Å²) in [6.07, 6.45) is 21.5. The summed E-state index contributed by atoms with van der Waals surface area (Å²) in [6.45, 7) is 4.43. The van der Waals surface area contributed by atoms with Gasteiger partial charge in [-0.1, -0.05) is 96.5 Å². The van der Waals surface area contributed by atoms with Crippen molar-refractivity contribution in [3.05, 3.63) is 11.6 Å². The molecular formula is C25H44O4. The van der Waals surface area contributed by atoms with E-state index >= 15 is 0 Å². The molecule has 0 aliphatic carbocycles. The normalized spacial score (nSPS) is 12.6. The molecule has 0 rings (SSSR count). The largest absolute Gasteiger partial charge is 0.466 e. The van der Waals surface area contributed by atoms with Crippen molar-refractivity contribution in [2.45, 2.75) is 117 Å². The van der Waals surface area contributed by atoms with Crippen LogP contribution in [0.4, 0.5) is 0 Å². The Kier molecular flexibility index (Phi) is 20.2. The maximum atomic E-state index is 11.9. The van der Waals surface area contributed by atoms with Gasteiger partial charge in [0, 0.05) is 12.3 Å². The Hall–Kier alpha value is -1.45. The van der Waals surface area contributed by atoms with Gasteiger partial charge >= 0.3 is 5.97 Å². The molecule has 0 radical (unpaired) electrons. The fourth-order valence-corrected chi connectivity index (χ4v) is 3.60. The Labute approximate surface area is 178 Å². The van der Waals surface area contributed by atoms with Crippen molar-refractivity contribution in [2.75, 3.05) is 6.61 Å². The average Bonchev–Trinajstić information content (AvgIpc) is 2.72. The third kappa shape index (κ3) is 17.1. The Morgan fingerprint density at radius 1 is 0.793 bits per heavy atom. The molecule has 4 heteroatoms. The van der Waals surface area contributed by atoms with Gasteiger partial charge < -0.3 is 9.53 Å². The highest BCUT2D eigenvalue weighted by molar-refractivity contribution is 5.78. The molecule has 0 N–H and O–H groups in total. The second-order valence-corrected chi connectivity index (χ2v) is 8.03. The maximum Gasteiger partial charge on any atom is 0.306 e. The van der Waals surface area contributed by atoms with Crippen LogP contribution < -0.4 is 0 Å². The van der Waals surface area contributed by atoms with Gasteiger partial charge in [-0.25, -0.2) is 0 Å². The summed E-state index contributed by atoms with van der Waals surface area (Å²) >= 11 is 0. The minimum atomic E-state index is -0.362. The van der Waals surface area contributed by atoms with Crippen LogP contribution in [0, 0.1) is 5.92 Å². The van der Waals surface area contributed by atoms with Gasteiger partial charge in [-0.05, 0) is 18.9 Å². The van der Waals surface area contributed by atoms with Crippen LogP contribution in [0.1, 0.15) is 117 Å². The van der Waals surface area contributed by atoms with Crippen LogP contribution in [0.5, 0.6) is 0 Å². The zero-order valence-electron chi connectivity index (χ0n) is 19.0. The van der Waals surface area contributed by atoms with E-state index in [0.717, 1.165) is 25.4 Å². The van der Waals surface area contributed by atoms with Gasteiger partial charge in [0.15, 0.2) is 0 Å². The van der Waals surface area contributed by atoms with E-state index in [1.807, 2.05) is 0 Å². The van der Waals surface area contributed by atoms with E-state index in [1.54, 1.807) is 13.0 Å². The maximum absolute atomic E-state index is 11.9. The third-order valence-electron chi connectivity index (χ3n) is 5.50. The van der Waals surface area contributed by atoms with E-state index in [2.05, 4.69) is 6.92 Å². The Balaban J connectivity index is 3.52. The van der Waals surface area contributed by atoms with E-state index in [1.165, 1.54) is 77.0 Å². The Morgan fingerprint density at radius 3 is 1.69 bits per heavy atom. The lowest BCUT2D eigenvalue weighted by atomic mass is 9.93. The smallest absolute Gasteiger partial charge is 0.306 e. The van der Waals surface area contributed by atoms with Gasteiger partial charge in [0.25, 0.3) is 0 Å². The number of hydrogen-bond donors (Lipinski definition) is 0. The van der Waals surface area contributed by atoms with Crippen molar-refractivity contribution in [3.8, 4) is 0 Å². The van der Waals surface area contributed by atoms with E-state index < -0.39 is 0 Å². The predicted molar refractivity (Wildman–Crippen MR) is 120 cm³/mol. The molecule has 0 aromatic heterocycles. The van der Waals surface area contributed by atoms with Crippen LogP contribution in [0.25, 0.3) is 0 Å². The van der Waals surface area contributed by atoms with Gasteiger partial charge in [0.1, 0.15) is 12.6 Å². The number of esters is 1. The number of allylic oxidation sites excluding steroid dienone is 2. The van der Waals surface area contributed by atoms with E-state index in [9.17, 15) is 14.4 Å². The molecule has 0 heterocycles. The summed E-state index contributed by atoms with van der Waals surface area (Å²) in [7, 11) is 0. The first-order valence-electron chi connectivity index (χ1n) is 11.9. The van der Waals surface area contributed by atoms with Crippen molar-refractivity contribution in [2.24, 2.45) is 5.92 Å². The molecule has 0 amide bonds. The van der Waals surface area contributed by atoms with Crippen LogP contribution in [0.2, 0.25) is 0 Å². The molecule has 0 fully saturated rings. The lowest BCUT2D eigenvalue weighted by molar-refractivity contribution is -0.144. The zero-order chi connectivity index (χ0) is 21.6. The molecular weight excluding hydrogens is 364 g/mol. The summed E-state index contributed by atoms with van der Waals surface area (Å²) in [6, 6.07) is 0. The molecule has 4 nitrogen and oxygen atoms in total. The number of aldehydes is 2. The monoisotopic (exact) mass is 408 g/mol. The second kappa shape index (κ2) is 21.3. The highest BCUT2D eigenvalue weighted by Crippen LogP contribution is 2.18. The fraction of sp³-hybridized carbons (Fsp3) is 0.800. The van der Waals surface area contributed by atoms with Crippen molar-refractivity contribution in [1.29, 1.82) is 0 Å². The first-order valence-corrected chi connectivity index (χ1v) is 11.9. The highest BCUT2D eigenvalue weighted by Gasteiger charge is 2.18. The standard InChI is InChI=1S/C25H44O4/c1-3-5-6-7-8-9-10-11-12-13-14-15-16-17-20-29-25(28)21-24(18-19-26)23(4-2)22-27/h4,19,22,24H,3,5-18,20-21H2,1-2H3/b23-4-/t24-/m0/s1. The molecule has 0 aromatic rings. The Bertz CT molecular complexity index is 442. The van der Waals surface area contributed by atoms with Crippen LogP contribution in [0.3, 0.4) is 0 Å². The lowest BCUT2D eigenvalue weighted by Gasteiger charge is -2.13. The molecule has 0 aliphatic rings. The predicted octanol–water partition coefficient (Wildman–Crippen LogP) is 6.75. The molecule has 29 heavy (non-hydrogen) atoms. The molecule has 0 unspecified atom stereocenters. The topological polar surface area (TPSA) is 60.4 Å². The molecule has 0 saturated carbocycles. The zero-order valence-corrected chi connectivity index (χ0v) is 19.0. The first kappa shape index (κ1) is 27.5. The summed E-state index contributed by atoms with van der Waals surface area (Å²) in [5, 5.41) is 0. The summed E-state index contributed by atoms with van der Waals surface area (Å²) < 4.78 is 5.27. The van der Waals surface area contributed by atoms with Crippen LogP contribution in [-0.2, 0) is 19.1 Å². The lowest BCUT2D eigenvalue weighted by Crippen LogP contribution is -2.15. The van der Waals surface area contributed by atoms with Gasteiger partial charge in [0.05, 0.1) is 13.0 Å². The van der Waals surface area contributed by atoms with E-state index in [0.29, 0.717) is 12.2 Å².